The van der Waals surface area contributed by atoms with Gasteiger partial charge in [-0.15, -0.1) is 12.6 Å². The second-order valence-corrected chi connectivity index (χ2v) is 3.30. The number of thiol groups is 1. The first kappa shape index (κ1) is 9.21. The highest BCUT2D eigenvalue weighted by Gasteiger charge is 2.06. The Morgan fingerprint density at radius 2 is 1.79 bits per heavy atom. The van der Waals surface area contributed by atoms with Crippen molar-refractivity contribution in [1.29, 1.82) is 0 Å². The Morgan fingerprint density at radius 3 is 2.50 bits per heavy atom. The molecule has 0 aliphatic heterocycles. The van der Waals surface area contributed by atoms with Gasteiger partial charge < -0.3 is 0 Å². The van der Waals surface area contributed by atoms with Gasteiger partial charge in [0.25, 0.3) is 0 Å². The van der Waals surface area contributed by atoms with E-state index < -0.39 is 0 Å². The molecule has 0 fully saturated rings. The molecule has 70 valence electrons. The van der Waals surface area contributed by atoms with Crippen molar-refractivity contribution in [1.82, 2.24) is 4.98 Å². The lowest BCUT2D eigenvalue weighted by Crippen LogP contribution is -1.88. The molecule has 3 heteroatoms. The number of rotatable bonds is 1. The van der Waals surface area contributed by atoms with Gasteiger partial charge in [-0.1, -0.05) is 30.3 Å². The Labute approximate surface area is 87.0 Å². The minimum atomic E-state index is -0.345. The van der Waals surface area contributed by atoms with E-state index in [2.05, 4.69) is 17.6 Å². The van der Waals surface area contributed by atoms with Gasteiger partial charge in [-0.2, -0.15) is 0 Å². The summed E-state index contributed by atoms with van der Waals surface area (Å²) in [6.45, 7) is 0. The van der Waals surface area contributed by atoms with Gasteiger partial charge in [0.15, 0.2) is 0 Å². The molecule has 0 atom stereocenters. The van der Waals surface area contributed by atoms with Crippen LogP contribution in [0.15, 0.2) is 47.5 Å². The standard InChI is InChI=1S/C11H8FNS/c12-9-6-7-13-10(11(9)14)8-4-2-1-3-5-8/h1-7,14H. The lowest BCUT2D eigenvalue weighted by molar-refractivity contribution is 0.600. The highest BCUT2D eigenvalue weighted by molar-refractivity contribution is 7.80. The summed E-state index contributed by atoms with van der Waals surface area (Å²) in [5.74, 6) is -0.345. The van der Waals surface area contributed by atoms with Gasteiger partial charge in [-0.25, -0.2) is 4.39 Å². The van der Waals surface area contributed by atoms with Crippen molar-refractivity contribution >= 4 is 12.6 Å². The number of benzene rings is 1. The van der Waals surface area contributed by atoms with Crippen molar-refractivity contribution in [3.8, 4) is 11.3 Å². The minimum Gasteiger partial charge on any atom is -0.255 e. The van der Waals surface area contributed by atoms with Crippen LogP contribution in [0.1, 0.15) is 0 Å². The molecule has 0 saturated heterocycles. The number of aromatic nitrogens is 1. The number of nitrogens with zero attached hydrogens (tertiary/aromatic N) is 1. The third-order valence-corrected chi connectivity index (χ3v) is 2.35. The largest absolute Gasteiger partial charge is 0.255 e. The van der Waals surface area contributed by atoms with Crippen LogP contribution in [0.5, 0.6) is 0 Å². The molecule has 0 unspecified atom stereocenters. The highest BCUT2D eigenvalue weighted by Crippen LogP contribution is 2.25. The monoisotopic (exact) mass is 205 g/mol. The van der Waals surface area contributed by atoms with Crippen LogP contribution >= 0.6 is 12.6 Å². The van der Waals surface area contributed by atoms with Gasteiger partial charge in [-0.3, -0.25) is 4.98 Å². The first-order valence-corrected chi connectivity index (χ1v) is 4.62. The smallest absolute Gasteiger partial charge is 0.140 e. The molecule has 2 aromatic rings. The summed E-state index contributed by atoms with van der Waals surface area (Å²) in [5.41, 5.74) is 1.45. The molecule has 1 aromatic heterocycles. The van der Waals surface area contributed by atoms with Crippen molar-refractivity contribution in [2.24, 2.45) is 0 Å². The van der Waals surface area contributed by atoms with Crippen LogP contribution in [0.3, 0.4) is 0 Å². The van der Waals surface area contributed by atoms with Gasteiger partial charge in [0.05, 0.1) is 10.6 Å². The predicted octanol–water partition coefficient (Wildman–Crippen LogP) is 3.18. The van der Waals surface area contributed by atoms with Crippen LogP contribution in [0, 0.1) is 5.82 Å². The summed E-state index contributed by atoms with van der Waals surface area (Å²) >= 11 is 4.09. The number of pyridine rings is 1. The Balaban J connectivity index is 2.58. The molecule has 1 aromatic carbocycles. The van der Waals surface area contributed by atoms with Crippen LogP contribution in [-0.2, 0) is 0 Å². The number of hydrogen-bond donors (Lipinski definition) is 1. The lowest BCUT2D eigenvalue weighted by Gasteiger charge is -2.03. The minimum absolute atomic E-state index is 0.290. The van der Waals surface area contributed by atoms with E-state index in [9.17, 15) is 4.39 Å². The van der Waals surface area contributed by atoms with Crippen LogP contribution in [0.4, 0.5) is 4.39 Å². The fourth-order valence-electron chi connectivity index (χ4n) is 1.24. The summed E-state index contributed by atoms with van der Waals surface area (Å²) in [6, 6.07) is 10.7. The molecule has 0 bridgehead atoms. The molecule has 0 aliphatic carbocycles. The quantitative estimate of drug-likeness (QED) is 0.705. The van der Waals surface area contributed by atoms with Gasteiger partial charge in [0.1, 0.15) is 5.82 Å². The molecule has 14 heavy (non-hydrogen) atoms. The molecular formula is C11H8FNS. The Hall–Kier alpha value is -1.35. The summed E-state index contributed by atoms with van der Waals surface area (Å²) in [5, 5.41) is 0. The number of halogens is 1. The zero-order valence-corrected chi connectivity index (χ0v) is 8.21. The summed E-state index contributed by atoms with van der Waals surface area (Å²) in [7, 11) is 0. The average molecular weight is 205 g/mol. The van der Waals surface area contributed by atoms with Crippen LogP contribution < -0.4 is 0 Å². The summed E-state index contributed by atoms with van der Waals surface area (Å²) in [6.07, 6.45) is 1.44. The molecule has 0 radical (unpaired) electrons. The van der Waals surface area contributed by atoms with Crippen molar-refractivity contribution in [2.75, 3.05) is 0 Å². The van der Waals surface area contributed by atoms with Gasteiger partial charge in [0.2, 0.25) is 0 Å². The fraction of sp³-hybridized carbons (Fsp3) is 0. The van der Waals surface area contributed by atoms with Crippen molar-refractivity contribution in [3.63, 3.8) is 0 Å². The zero-order valence-electron chi connectivity index (χ0n) is 7.31. The van der Waals surface area contributed by atoms with Gasteiger partial charge in [-0.05, 0) is 6.07 Å². The van der Waals surface area contributed by atoms with E-state index in [4.69, 9.17) is 0 Å². The third-order valence-electron chi connectivity index (χ3n) is 1.92. The highest BCUT2D eigenvalue weighted by atomic mass is 32.1. The molecule has 0 aliphatic rings. The van der Waals surface area contributed by atoms with E-state index in [-0.39, 0.29) is 5.82 Å². The maximum absolute atomic E-state index is 13.1. The van der Waals surface area contributed by atoms with Crippen molar-refractivity contribution in [3.05, 3.63) is 48.4 Å². The van der Waals surface area contributed by atoms with Crippen LogP contribution in [0.2, 0.25) is 0 Å². The second kappa shape index (κ2) is 3.80. The molecule has 2 rings (SSSR count). The Morgan fingerprint density at radius 1 is 1.07 bits per heavy atom. The normalized spacial score (nSPS) is 10.1. The lowest BCUT2D eigenvalue weighted by atomic mass is 10.1. The summed E-state index contributed by atoms with van der Waals surface area (Å²) < 4.78 is 13.1. The van der Waals surface area contributed by atoms with E-state index >= 15 is 0 Å². The fourth-order valence-corrected chi connectivity index (χ4v) is 1.50. The van der Waals surface area contributed by atoms with E-state index in [0.29, 0.717) is 10.6 Å². The first-order valence-electron chi connectivity index (χ1n) is 4.18. The molecule has 0 spiro atoms. The molecule has 1 heterocycles. The maximum atomic E-state index is 13.1. The van der Waals surface area contributed by atoms with E-state index in [1.54, 1.807) is 0 Å². The zero-order chi connectivity index (χ0) is 9.97. The van der Waals surface area contributed by atoms with E-state index in [0.717, 1.165) is 5.56 Å². The van der Waals surface area contributed by atoms with Crippen molar-refractivity contribution < 1.29 is 4.39 Å². The Bertz CT molecular complexity index is 442. The molecule has 0 amide bonds. The molecular weight excluding hydrogens is 197 g/mol. The average Bonchev–Trinajstić information content (AvgIpc) is 2.23. The first-order chi connectivity index (χ1) is 6.79. The SMILES string of the molecule is Fc1ccnc(-c2ccccc2)c1S. The maximum Gasteiger partial charge on any atom is 0.140 e. The molecule has 0 N–H and O–H groups in total. The predicted molar refractivity (Wildman–Crippen MR) is 56.9 cm³/mol. The van der Waals surface area contributed by atoms with Gasteiger partial charge >= 0.3 is 0 Å². The van der Waals surface area contributed by atoms with E-state index in [1.165, 1.54) is 12.3 Å². The van der Waals surface area contributed by atoms with E-state index in [1.807, 2.05) is 30.3 Å². The van der Waals surface area contributed by atoms with Crippen molar-refractivity contribution in [2.45, 2.75) is 4.90 Å². The Kier molecular flexibility index (Phi) is 2.50. The third kappa shape index (κ3) is 1.63. The van der Waals surface area contributed by atoms with Gasteiger partial charge in [0, 0.05) is 11.8 Å². The topological polar surface area (TPSA) is 12.9 Å². The molecule has 0 saturated carbocycles. The number of hydrogen-bond acceptors (Lipinski definition) is 2. The second-order valence-electron chi connectivity index (χ2n) is 2.86. The summed E-state index contributed by atoms with van der Waals surface area (Å²) in [4.78, 5) is 4.38. The van der Waals surface area contributed by atoms with Crippen LogP contribution in [0.25, 0.3) is 11.3 Å². The molecule has 1 nitrogen and oxygen atoms in total. The van der Waals surface area contributed by atoms with Crippen LogP contribution in [-0.4, -0.2) is 4.98 Å².